The number of benzene rings is 1. The number of alkyl halides is 1. The highest BCUT2D eigenvalue weighted by molar-refractivity contribution is 9.10. The largest absolute Gasteiger partial charge is 0.301 e. The first kappa shape index (κ1) is 11.0. The molecule has 0 fully saturated rings. The highest BCUT2D eigenvalue weighted by Crippen LogP contribution is 2.21. The Morgan fingerprint density at radius 1 is 1.31 bits per heavy atom. The van der Waals surface area contributed by atoms with Gasteiger partial charge in [-0.15, -0.1) is 11.6 Å². The molecule has 0 aromatic heterocycles. The van der Waals surface area contributed by atoms with Crippen molar-refractivity contribution < 1.29 is 0 Å². The second-order valence-electron chi connectivity index (χ2n) is 3.19. The average Bonchev–Trinajstić information content (AvgIpc) is 2.09. The molecule has 0 N–H and O–H groups in total. The SMILES string of the molecule is CN(C)C(CCl)c1ccc(Br)cc1. The molecule has 0 saturated heterocycles. The zero-order valence-electron chi connectivity index (χ0n) is 7.80. The highest BCUT2D eigenvalue weighted by Gasteiger charge is 2.11. The van der Waals surface area contributed by atoms with Gasteiger partial charge in [-0.3, -0.25) is 0 Å². The predicted octanol–water partition coefficient (Wildman–Crippen LogP) is 3.29. The summed E-state index contributed by atoms with van der Waals surface area (Å²) in [5.41, 5.74) is 1.25. The maximum absolute atomic E-state index is 5.88. The van der Waals surface area contributed by atoms with E-state index in [2.05, 4.69) is 33.0 Å². The first-order valence-corrected chi connectivity index (χ1v) is 5.45. The molecule has 1 aromatic rings. The minimum absolute atomic E-state index is 0.301. The van der Waals surface area contributed by atoms with Crippen LogP contribution in [0, 0.1) is 0 Å². The van der Waals surface area contributed by atoms with Gasteiger partial charge in [0.2, 0.25) is 0 Å². The van der Waals surface area contributed by atoms with E-state index in [0.29, 0.717) is 11.9 Å². The summed E-state index contributed by atoms with van der Waals surface area (Å²) in [7, 11) is 4.07. The smallest absolute Gasteiger partial charge is 0.0477 e. The minimum atomic E-state index is 0.301. The first-order chi connectivity index (χ1) is 6.15. The van der Waals surface area contributed by atoms with E-state index in [-0.39, 0.29) is 0 Å². The Hall–Kier alpha value is -0.0500. The molecule has 0 amide bonds. The van der Waals surface area contributed by atoms with Gasteiger partial charge >= 0.3 is 0 Å². The molecule has 0 aliphatic carbocycles. The van der Waals surface area contributed by atoms with Crippen LogP contribution in [0.1, 0.15) is 11.6 Å². The van der Waals surface area contributed by atoms with Crippen LogP contribution in [0.3, 0.4) is 0 Å². The lowest BCUT2D eigenvalue weighted by atomic mass is 10.1. The fourth-order valence-corrected chi connectivity index (χ4v) is 1.93. The Kier molecular flexibility index (Phi) is 4.23. The molecule has 1 unspecified atom stereocenters. The molecule has 1 atom stereocenters. The maximum atomic E-state index is 5.88. The molecule has 13 heavy (non-hydrogen) atoms. The maximum Gasteiger partial charge on any atom is 0.0477 e. The molecule has 0 aliphatic rings. The van der Waals surface area contributed by atoms with E-state index in [0.717, 1.165) is 4.47 Å². The fourth-order valence-electron chi connectivity index (χ4n) is 1.21. The predicted molar refractivity (Wildman–Crippen MR) is 61.3 cm³/mol. The monoisotopic (exact) mass is 261 g/mol. The van der Waals surface area contributed by atoms with Crippen molar-refractivity contribution in [3.8, 4) is 0 Å². The lowest BCUT2D eigenvalue weighted by molar-refractivity contribution is 0.324. The Morgan fingerprint density at radius 3 is 2.23 bits per heavy atom. The molecule has 3 heteroatoms. The van der Waals surface area contributed by atoms with Gasteiger partial charge in [-0.1, -0.05) is 28.1 Å². The summed E-state index contributed by atoms with van der Waals surface area (Å²) in [4.78, 5) is 2.12. The van der Waals surface area contributed by atoms with E-state index < -0.39 is 0 Å². The number of hydrogen-bond acceptors (Lipinski definition) is 1. The van der Waals surface area contributed by atoms with Crippen molar-refractivity contribution in [2.24, 2.45) is 0 Å². The number of nitrogens with zero attached hydrogens (tertiary/aromatic N) is 1. The van der Waals surface area contributed by atoms with Gasteiger partial charge < -0.3 is 4.90 Å². The summed E-state index contributed by atoms with van der Waals surface area (Å²) in [6.45, 7) is 0. The Balaban J connectivity index is 2.86. The van der Waals surface area contributed by atoms with Crippen LogP contribution < -0.4 is 0 Å². The van der Waals surface area contributed by atoms with Crippen LogP contribution in [-0.2, 0) is 0 Å². The van der Waals surface area contributed by atoms with Crippen LogP contribution in [0.4, 0.5) is 0 Å². The van der Waals surface area contributed by atoms with Gasteiger partial charge in [-0.2, -0.15) is 0 Å². The molecule has 0 bridgehead atoms. The molecule has 1 nitrogen and oxygen atoms in total. The van der Waals surface area contributed by atoms with Crippen LogP contribution in [0.5, 0.6) is 0 Å². The van der Waals surface area contributed by atoms with Gasteiger partial charge in [0, 0.05) is 16.4 Å². The zero-order chi connectivity index (χ0) is 9.84. The van der Waals surface area contributed by atoms with Crippen molar-refractivity contribution in [1.82, 2.24) is 4.90 Å². The Morgan fingerprint density at radius 2 is 1.85 bits per heavy atom. The van der Waals surface area contributed by atoms with Gasteiger partial charge in [0.05, 0.1) is 0 Å². The summed E-state index contributed by atoms with van der Waals surface area (Å²) in [5.74, 6) is 0.620. The number of rotatable bonds is 3. The topological polar surface area (TPSA) is 3.24 Å². The van der Waals surface area contributed by atoms with Crippen molar-refractivity contribution in [3.63, 3.8) is 0 Å². The Bertz CT molecular complexity index is 258. The molecule has 1 rings (SSSR count). The van der Waals surface area contributed by atoms with Crippen LogP contribution in [0.2, 0.25) is 0 Å². The molecule has 0 saturated carbocycles. The third kappa shape index (κ3) is 2.97. The molecule has 0 heterocycles. The van der Waals surface area contributed by atoms with Gasteiger partial charge in [-0.05, 0) is 31.8 Å². The van der Waals surface area contributed by atoms with E-state index in [4.69, 9.17) is 11.6 Å². The van der Waals surface area contributed by atoms with E-state index in [1.165, 1.54) is 5.56 Å². The Labute approximate surface area is 92.8 Å². The zero-order valence-corrected chi connectivity index (χ0v) is 10.1. The second kappa shape index (κ2) is 4.99. The first-order valence-electron chi connectivity index (χ1n) is 4.13. The fraction of sp³-hybridized carbons (Fsp3) is 0.400. The van der Waals surface area contributed by atoms with Gasteiger partial charge in [0.15, 0.2) is 0 Å². The van der Waals surface area contributed by atoms with E-state index in [9.17, 15) is 0 Å². The second-order valence-corrected chi connectivity index (χ2v) is 4.41. The summed E-state index contributed by atoms with van der Waals surface area (Å²) >= 11 is 9.29. The minimum Gasteiger partial charge on any atom is -0.301 e. The molecule has 0 radical (unpaired) electrons. The summed E-state index contributed by atoms with van der Waals surface area (Å²) < 4.78 is 1.10. The van der Waals surface area contributed by atoms with Crippen molar-refractivity contribution in [1.29, 1.82) is 0 Å². The number of halogens is 2. The van der Waals surface area contributed by atoms with Crippen molar-refractivity contribution in [2.75, 3.05) is 20.0 Å². The van der Waals surface area contributed by atoms with Crippen LogP contribution in [0.15, 0.2) is 28.7 Å². The molecular formula is C10H13BrClN. The van der Waals surface area contributed by atoms with Gasteiger partial charge in [0.25, 0.3) is 0 Å². The molecule has 0 spiro atoms. The lowest BCUT2D eigenvalue weighted by Gasteiger charge is -2.22. The van der Waals surface area contributed by atoms with Crippen molar-refractivity contribution in [2.45, 2.75) is 6.04 Å². The van der Waals surface area contributed by atoms with Gasteiger partial charge in [0.1, 0.15) is 0 Å². The van der Waals surface area contributed by atoms with E-state index in [1.54, 1.807) is 0 Å². The average molecular weight is 263 g/mol. The van der Waals surface area contributed by atoms with Crippen molar-refractivity contribution in [3.05, 3.63) is 34.3 Å². The van der Waals surface area contributed by atoms with Crippen LogP contribution >= 0.6 is 27.5 Å². The quantitative estimate of drug-likeness (QED) is 0.756. The normalized spacial score (nSPS) is 13.3. The molecular weight excluding hydrogens is 249 g/mol. The summed E-state index contributed by atoms with van der Waals surface area (Å²) in [6.07, 6.45) is 0. The molecule has 1 aromatic carbocycles. The standard InChI is InChI=1S/C10H13BrClN/c1-13(2)10(7-12)8-3-5-9(11)6-4-8/h3-6,10H,7H2,1-2H3. The van der Waals surface area contributed by atoms with Gasteiger partial charge in [-0.25, -0.2) is 0 Å². The molecule has 72 valence electrons. The third-order valence-electron chi connectivity index (χ3n) is 2.02. The lowest BCUT2D eigenvalue weighted by Crippen LogP contribution is -2.21. The molecule has 0 aliphatic heterocycles. The van der Waals surface area contributed by atoms with Crippen LogP contribution in [0.25, 0.3) is 0 Å². The van der Waals surface area contributed by atoms with Crippen LogP contribution in [-0.4, -0.2) is 24.9 Å². The van der Waals surface area contributed by atoms with E-state index in [1.807, 2.05) is 26.2 Å². The third-order valence-corrected chi connectivity index (χ3v) is 2.85. The summed E-state index contributed by atoms with van der Waals surface area (Å²) in [5, 5.41) is 0. The van der Waals surface area contributed by atoms with E-state index >= 15 is 0 Å². The highest BCUT2D eigenvalue weighted by atomic mass is 79.9. The number of hydrogen-bond donors (Lipinski definition) is 0. The summed E-state index contributed by atoms with van der Waals surface area (Å²) in [6, 6.07) is 8.57. The van der Waals surface area contributed by atoms with Crippen molar-refractivity contribution >= 4 is 27.5 Å².